The van der Waals surface area contributed by atoms with Gasteiger partial charge in [-0.1, -0.05) is 69.8 Å². The molecule has 2 atom stereocenters. The van der Waals surface area contributed by atoms with Crippen LogP contribution in [0.3, 0.4) is 0 Å². The Morgan fingerprint density at radius 3 is 2.85 bits per heavy atom. The minimum absolute atomic E-state index is 0.142. The molecule has 0 unspecified atom stereocenters. The van der Waals surface area contributed by atoms with Crippen molar-refractivity contribution in [2.45, 2.75) is 83.0 Å². The van der Waals surface area contributed by atoms with Crippen LogP contribution < -0.4 is 5.32 Å². The molecule has 0 saturated heterocycles. The van der Waals surface area contributed by atoms with Crippen LogP contribution in [0.15, 0.2) is 29.4 Å². The molecule has 27 heavy (non-hydrogen) atoms. The van der Waals surface area contributed by atoms with Crippen LogP contribution in [0.4, 0.5) is 0 Å². The minimum Gasteiger partial charge on any atom is -0.352 e. The van der Waals surface area contributed by atoms with E-state index in [2.05, 4.69) is 41.9 Å². The van der Waals surface area contributed by atoms with Crippen molar-refractivity contribution in [1.29, 1.82) is 0 Å². The summed E-state index contributed by atoms with van der Waals surface area (Å²) >= 11 is 1.57. The molecule has 1 aromatic heterocycles. The fourth-order valence-electron chi connectivity index (χ4n) is 3.99. The summed E-state index contributed by atoms with van der Waals surface area (Å²) in [5.41, 5.74) is 2.20. The average molecular weight is 388 g/mol. The number of nitrogens with zero attached hydrogens (tertiary/aromatic N) is 2. The Hall–Kier alpha value is -1.49. The highest BCUT2D eigenvalue weighted by atomic mass is 32.2. The van der Waals surface area contributed by atoms with Crippen LogP contribution >= 0.6 is 11.8 Å². The van der Waals surface area contributed by atoms with Crippen LogP contribution in [0.25, 0.3) is 11.0 Å². The zero-order valence-corrected chi connectivity index (χ0v) is 17.6. The molecule has 1 aliphatic rings. The lowest BCUT2D eigenvalue weighted by molar-refractivity contribution is -0.119. The molecule has 1 N–H and O–H groups in total. The molecule has 0 bridgehead atoms. The summed E-state index contributed by atoms with van der Waals surface area (Å²) in [4.78, 5) is 17.3. The van der Waals surface area contributed by atoms with Gasteiger partial charge in [0.05, 0.1) is 16.8 Å². The summed E-state index contributed by atoms with van der Waals surface area (Å²) in [5.74, 6) is 1.18. The summed E-state index contributed by atoms with van der Waals surface area (Å²) in [6.07, 6.45) is 9.79. The van der Waals surface area contributed by atoms with Crippen LogP contribution in [0.2, 0.25) is 0 Å². The van der Waals surface area contributed by atoms with Crippen molar-refractivity contribution in [2.75, 3.05) is 5.75 Å². The summed E-state index contributed by atoms with van der Waals surface area (Å²) in [6, 6.07) is 8.64. The number of fused-ring (bicyclic) bond motifs is 1. The number of hydrogen-bond donors (Lipinski definition) is 1. The number of aromatic nitrogens is 2. The number of amides is 1. The third-order valence-corrected chi connectivity index (χ3v) is 6.62. The van der Waals surface area contributed by atoms with Gasteiger partial charge < -0.3 is 9.88 Å². The van der Waals surface area contributed by atoms with Crippen molar-refractivity contribution in [1.82, 2.24) is 14.9 Å². The molecular weight excluding hydrogens is 354 g/mol. The zero-order chi connectivity index (χ0) is 19.1. The Balaban J connectivity index is 1.62. The zero-order valence-electron chi connectivity index (χ0n) is 16.7. The number of para-hydroxylation sites is 2. The van der Waals surface area contributed by atoms with Gasteiger partial charge in [-0.25, -0.2) is 4.98 Å². The lowest BCUT2D eigenvalue weighted by atomic mass is 9.86. The number of hydrogen-bond acceptors (Lipinski definition) is 3. The fourth-order valence-corrected chi connectivity index (χ4v) is 4.84. The molecule has 0 radical (unpaired) electrons. The van der Waals surface area contributed by atoms with E-state index in [4.69, 9.17) is 4.98 Å². The van der Waals surface area contributed by atoms with Crippen molar-refractivity contribution < 1.29 is 4.79 Å². The second kappa shape index (κ2) is 10.2. The van der Waals surface area contributed by atoms with Gasteiger partial charge in [-0.2, -0.15) is 0 Å². The predicted molar refractivity (Wildman–Crippen MR) is 114 cm³/mol. The van der Waals surface area contributed by atoms with Crippen LogP contribution in [-0.4, -0.2) is 27.3 Å². The highest BCUT2D eigenvalue weighted by Crippen LogP contribution is 2.26. The topological polar surface area (TPSA) is 46.9 Å². The third-order valence-electron chi connectivity index (χ3n) is 5.65. The van der Waals surface area contributed by atoms with E-state index in [-0.39, 0.29) is 5.91 Å². The maximum Gasteiger partial charge on any atom is 0.230 e. The first kappa shape index (κ1) is 20.2. The van der Waals surface area contributed by atoms with Gasteiger partial charge in [0.1, 0.15) is 0 Å². The molecule has 1 aliphatic carbocycles. The van der Waals surface area contributed by atoms with Gasteiger partial charge in [0.15, 0.2) is 5.16 Å². The van der Waals surface area contributed by atoms with E-state index < -0.39 is 0 Å². The quantitative estimate of drug-likeness (QED) is 0.463. The molecule has 5 heteroatoms. The molecule has 1 heterocycles. The predicted octanol–water partition coefficient (Wildman–Crippen LogP) is 5.40. The minimum atomic E-state index is 0.142. The molecular formula is C22H33N3OS. The monoisotopic (exact) mass is 387 g/mol. The first-order chi connectivity index (χ1) is 13.2. The molecule has 148 valence electrons. The smallest absolute Gasteiger partial charge is 0.230 e. The summed E-state index contributed by atoms with van der Waals surface area (Å²) in [7, 11) is 0. The number of rotatable bonds is 9. The second-order valence-electron chi connectivity index (χ2n) is 7.82. The number of aryl methyl sites for hydroxylation is 1. The molecule has 0 aliphatic heterocycles. The number of carbonyl (C=O) groups excluding carboxylic acids is 1. The standard InChI is InChI=1S/C22H33N3OS/c1-3-4-5-10-15-25-20-14-9-8-13-19(20)24-22(25)27-16-21(26)23-18-12-7-6-11-17(18)2/h8-9,13-14,17-18H,3-7,10-12,15-16H2,1-2H3,(H,23,26)/t17-,18+/m1/s1. The van der Waals surface area contributed by atoms with Crippen LogP contribution in [-0.2, 0) is 11.3 Å². The maximum absolute atomic E-state index is 12.5. The fraction of sp³-hybridized carbons (Fsp3) is 0.636. The number of nitrogens with one attached hydrogen (secondary N) is 1. The van der Waals surface area contributed by atoms with E-state index >= 15 is 0 Å². The Kier molecular flexibility index (Phi) is 7.62. The first-order valence-electron chi connectivity index (χ1n) is 10.6. The van der Waals surface area contributed by atoms with Crippen molar-refractivity contribution in [3.8, 4) is 0 Å². The number of imidazole rings is 1. The first-order valence-corrected chi connectivity index (χ1v) is 11.5. The molecule has 3 rings (SSSR count). The lowest BCUT2D eigenvalue weighted by Gasteiger charge is -2.29. The van der Waals surface area contributed by atoms with E-state index in [0.717, 1.165) is 30.1 Å². The number of unbranched alkanes of at least 4 members (excludes halogenated alkanes) is 3. The van der Waals surface area contributed by atoms with Gasteiger partial charge in [0, 0.05) is 12.6 Å². The Morgan fingerprint density at radius 2 is 2.04 bits per heavy atom. The van der Waals surface area contributed by atoms with Gasteiger partial charge in [-0.05, 0) is 37.3 Å². The van der Waals surface area contributed by atoms with Crippen molar-refractivity contribution in [2.24, 2.45) is 5.92 Å². The van der Waals surface area contributed by atoms with E-state index in [1.807, 2.05) is 6.07 Å². The number of carbonyl (C=O) groups is 1. The second-order valence-corrected chi connectivity index (χ2v) is 8.76. The average Bonchev–Trinajstić information content (AvgIpc) is 3.03. The normalized spacial score (nSPS) is 20.1. The third kappa shape index (κ3) is 5.50. The van der Waals surface area contributed by atoms with E-state index in [1.54, 1.807) is 11.8 Å². The van der Waals surface area contributed by atoms with E-state index in [1.165, 1.54) is 44.0 Å². The van der Waals surface area contributed by atoms with Gasteiger partial charge in [-0.15, -0.1) is 0 Å². The van der Waals surface area contributed by atoms with Gasteiger partial charge in [0.25, 0.3) is 0 Å². The van der Waals surface area contributed by atoms with Gasteiger partial charge in [0.2, 0.25) is 5.91 Å². The SMILES string of the molecule is CCCCCCn1c(SCC(=O)N[C@H]2CCCC[C@H]2C)nc2ccccc21. The van der Waals surface area contributed by atoms with Crippen molar-refractivity contribution in [3.63, 3.8) is 0 Å². The Morgan fingerprint density at radius 1 is 1.22 bits per heavy atom. The Bertz CT molecular complexity index is 742. The summed E-state index contributed by atoms with van der Waals surface area (Å²) in [5, 5.41) is 4.23. The van der Waals surface area contributed by atoms with E-state index in [0.29, 0.717) is 17.7 Å². The van der Waals surface area contributed by atoms with Crippen LogP contribution in [0.1, 0.15) is 65.2 Å². The maximum atomic E-state index is 12.5. The van der Waals surface area contributed by atoms with Crippen molar-refractivity contribution >= 4 is 28.7 Å². The Labute approximate surface area is 167 Å². The van der Waals surface area contributed by atoms with E-state index in [9.17, 15) is 4.79 Å². The number of benzene rings is 1. The highest BCUT2D eigenvalue weighted by molar-refractivity contribution is 7.99. The molecule has 4 nitrogen and oxygen atoms in total. The lowest BCUT2D eigenvalue weighted by Crippen LogP contribution is -2.41. The molecule has 1 amide bonds. The largest absolute Gasteiger partial charge is 0.352 e. The highest BCUT2D eigenvalue weighted by Gasteiger charge is 2.23. The molecule has 2 aromatic rings. The summed E-state index contributed by atoms with van der Waals surface area (Å²) < 4.78 is 2.30. The van der Waals surface area contributed by atoms with Crippen molar-refractivity contribution in [3.05, 3.63) is 24.3 Å². The van der Waals surface area contributed by atoms with Crippen LogP contribution in [0.5, 0.6) is 0 Å². The van der Waals surface area contributed by atoms with Crippen LogP contribution in [0, 0.1) is 5.92 Å². The van der Waals surface area contributed by atoms with Gasteiger partial charge >= 0.3 is 0 Å². The molecule has 1 fully saturated rings. The summed E-state index contributed by atoms with van der Waals surface area (Å²) in [6.45, 7) is 5.47. The van der Waals surface area contributed by atoms with Gasteiger partial charge in [-0.3, -0.25) is 4.79 Å². The molecule has 1 saturated carbocycles. The molecule has 1 aromatic carbocycles. The molecule has 0 spiro atoms. The number of thioether (sulfide) groups is 1.